The number of carbonyl (C=O) groups excluding carboxylic acids is 2. The van der Waals surface area contributed by atoms with E-state index < -0.39 is 0 Å². The Morgan fingerprint density at radius 1 is 0.941 bits per heavy atom. The van der Waals surface area contributed by atoms with Crippen LogP contribution in [0.15, 0.2) is 77.2 Å². The van der Waals surface area contributed by atoms with Crippen molar-refractivity contribution in [2.24, 2.45) is 0 Å². The van der Waals surface area contributed by atoms with Gasteiger partial charge in [0, 0.05) is 17.5 Å². The Balaban J connectivity index is 1.21. The highest BCUT2D eigenvalue weighted by Gasteiger charge is 2.12. The number of anilines is 2. The first-order valence-corrected chi connectivity index (χ1v) is 10.8. The normalized spacial score (nSPS) is 10.6. The van der Waals surface area contributed by atoms with Crippen LogP contribution in [-0.2, 0) is 0 Å². The molecule has 0 saturated heterocycles. The molecule has 34 heavy (non-hydrogen) atoms. The largest absolute Gasteiger partial charge is 0.497 e. The molecule has 2 amide bonds. The lowest BCUT2D eigenvalue weighted by molar-refractivity contribution is 0.0925. The topological polar surface area (TPSA) is 116 Å². The highest BCUT2D eigenvalue weighted by atomic mass is 16.5. The van der Waals surface area contributed by atoms with E-state index in [9.17, 15) is 9.59 Å². The number of para-hydroxylation sites is 2. The number of furan rings is 1. The Bertz CT molecular complexity index is 1300. The number of nitrogens with one attached hydrogen (secondary N) is 2. The van der Waals surface area contributed by atoms with Gasteiger partial charge in [0.15, 0.2) is 5.76 Å². The van der Waals surface area contributed by atoms with Crippen LogP contribution >= 0.6 is 0 Å². The molecule has 0 aliphatic heterocycles. The Labute approximate surface area is 196 Å². The fraction of sp³-hybridized carbons (Fsp3) is 0.154. The van der Waals surface area contributed by atoms with Crippen molar-refractivity contribution in [2.45, 2.75) is 6.42 Å². The second kappa shape index (κ2) is 10.4. The van der Waals surface area contributed by atoms with Gasteiger partial charge in [-0.15, -0.1) is 0 Å². The summed E-state index contributed by atoms with van der Waals surface area (Å²) in [5, 5.41) is 6.41. The van der Waals surface area contributed by atoms with E-state index in [2.05, 4.69) is 10.6 Å². The van der Waals surface area contributed by atoms with Crippen LogP contribution in [0.3, 0.4) is 0 Å². The highest BCUT2D eigenvalue weighted by molar-refractivity contribution is 6.05. The van der Waals surface area contributed by atoms with Gasteiger partial charge in [0.25, 0.3) is 11.8 Å². The van der Waals surface area contributed by atoms with Crippen LogP contribution in [0, 0.1) is 0 Å². The van der Waals surface area contributed by atoms with E-state index in [1.54, 1.807) is 73.8 Å². The summed E-state index contributed by atoms with van der Waals surface area (Å²) in [4.78, 5) is 24.7. The van der Waals surface area contributed by atoms with Crippen LogP contribution in [0.1, 0.15) is 27.3 Å². The second-order valence-corrected chi connectivity index (χ2v) is 7.54. The Morgan fingerprint density at radius 2 is 1.71 bits per heavy atom. The van der Waals surface area contributed by atoms with Crippen LogP contribution in [0.4, 0.5) is 11.4 Å². The number of amides is 2. The fourth-order valence-corrected chi connectivity index (χ4v) is 3.32. The Kier molecular flexibility index (Phi) is 6.98. The molecule has 0 radical (unpaired) electrons. The van der Waals surface area contributed by atoms with Crippen molar-refractivity contribution in [3.8, 4) is 11.5 Å². The lowest BCUT2D eigenvalue weighted by Crippen LogP contribution is -2.25. The summed E-state index contributed by atoms with van der Waals surface area (Å²) in [7, 11) is 1.59. The van der Waals surface area contributed by atoms with Crippen molar-refractivity contribution in [1.29, 1.82) is 0 Å². The minimum absolute atomic E-state index is 0.246. The number of nitrogens with two attached hydrogens (primary N) is 1. The molecule has 4 N–H and O–H groups in total. The average Bonchev–Trinajstić information content (AvgIpc) is 3.29. The second-order valence-electron chi connectivity index (χ2n) is 7.54. The molecule has 174 valence electrons. The van der Waals surface area contributed by atoms with Gasteiger partial charge in [-0.25, -0.2) is 0 Å². The first-order valence-electron chi connectivity index (χ1n) is 10.8. The Morgan fingerprint density at radius 3 is 2.47 bits per heavy atom. The number of hydrogen-bond donors (Lipinski definition) is 3. The predicted octanol–water partition coefficient (Wildman–Crippen LogP) is 4.47. The van der Waals surface area contributed by atoms with Crippen molar-refractivity contribution in [2.75, 3.05) is 31.3 Å². The third-order valence-electron chi connectivity index (χ3n) is 5.15. The molecule has 4 aromatic rings. The SMILES string of the molecule is COc1ccc2oc(C(=O)NCCCOc3ccc(C(=O)Nc4ccccc4N)cc3)cc2c1. The molecule has 0 aliphatic rings. The quantitative estimate of drug-likeness (QED) is 0.251. The third-order valence-corrected chi connectivity index (χ3v) is 5.15. The van der Waals surface area contributed by atoms with E-state index in [0.29, 0.717) is 53.6 Å². The van der Waals surface area contributed by atoms with Gasteiger partial charge in [0.1, 0.15) is 17.1 Å². The summed E-state index contributed by atoms with van der Waals surface area (Å²) in [5.41, 5.74) is 8.05. The number of methoxy groups -OCH3 is 1. The molecule has 0 saturated carbocycles. The van der Waals surface area contributed by atoms with Crippen LogP contribution in [0.5, 0.6) is 11.5 Å². The predicted molar refractivity (Wildman–Crippen MR) is 130 cm³/mol. The molecule has 0 atom stereocenters. The van der Waals surface area contributed by atoms with E-state index >= 15 is 0 Å². The van der Waals surface area contributed by atoms with Gasteiger partial charge >= 0.3 is 0 Å². The van der Waals surface area contributed by atoms with Crippen molar-refractivity contribution >= 4 is 34.2 Å². The van der Waals surface area contributed by atoms with Crippen LogP contribution < -0.4 is 25.8 Å². The zero-order chi connectivity index (χ0) is 23.9. The van der Waals surface area contributed by atoms with E-state index in [1.165, 1.54) is 0 Å². The molecule has 0 spiro atoms. The number of carbonyl (C=O) groups is 2. The molecule has 8 heteroatoms. The molecule has 1 aromatic heterocycles. The minimum atomic E-state index is -0.287. The standard InChI is InChI=1S/C26H25N3O5/c1-32-20-11-12-23-18(15-20)16-24(34-23)26(31)28-13-4-14-33-19-9-7-17(8-10-19)25(30)29-22-6-3-2-5-21(22)27/h2-3,5-12,15-16H,4,13-14,27H2,1H3,(H,28,31)(H,29,30). The van der Waals surface area contributed by atoms with Gasteiger partial charge in [0.2, 0.25) is 0 Å². The summed E-state index contributed by atoms with van der Waals surface area (Å²) < 4.78 is 16.5. The van der Waals surface area contributed by atoms with E-state index in [0.717, 1.165) is 5.39 Å². The number of benzene rings is 3. The van der Waals surface area contributed by atoms with Gasteiger partial charge in [0.05, 0.1) is 25.1 Å². The monoisotopic (exact) mass is 459 g/mol. The fourth-order valence-electron chi connectivity index (χ4n) is 3.32. The lowest BCUT2D eigenvalue weighted by atomic mass is 10.2. The lowest BCUT2D eigenvalue weighted by Gasteiger charge is -2.09. The third kappa shape index (κ3) is 5.47. The zero-order valence-electron chi connectivity index (χ0n) is 18.7. The van der Waals surface area contributed by atoms with Crippen molar-refractivity contribution < 1.29 is 23.5 Å². The molecule has 0 aliphatic carbocycles. The molecule has 0 bridgehead atoms. The van der Waals surface area contributed by atoms with E-state index in [1.807, 2.05) is 6.07 Å². The first-order chi connectivity index (χ1) is 16.5. The highest BCUT2D eigenvalue weighted by Crippen LogP contribution is 2.24. The van der Waals surface area contributed by atoms with Gasteiger partial charge in [-0.2, -0.15) is 0 Å². The summed E-state index contributed by atoms with van der Waals surface area (Å²) in [5.74, 6) is 1.04. The molecule has 3 aromatic carbocycles. The molecule has 0 unspecified atom stereocenters. The maximum absolute atomic E-state index is 12.4. The summed E-state index contributed by atoms with van der Waals surface area (Å²) in [6.45, 7) is 0.835. The van der Waals surface area contributed by atoms with E-state index in [4.69, 9.17) is 19.6 Å². The molecule has 4 rings (SSSR count). The maximum Gasteiger partial charge on any atom is 0.287 e. The molecule has 0 fully saturated rings. The average molecular weight is 460 g/mol. The van der Waals surface area contributed by atoms with Gasteiger partial charge < -0.3 is 30.3 Å². The molecular weight excluding hydrogens is 434 g/mol. The van der Waals surface area contributed by atoms with Gasteiger partial charge in [-0.3, -0.25) is 9.59 Å². The summed E-state index contributed by atoms with van der Waals surface area (Å²) in [6.07, 6.45) is 0.606. The Hall–Kier alpha value is -4.46. The van der Waals surface area contributed by atoms with Crippen LogP contribution in [-0.4, -0.2) is 32.1 Å². The molecule has 1 heterocycles. The van der Waals surface area contributed by atoms with E-state index in [-0.39, 0.29) is 17.6 Å². The number of rotatable bonds is 9. The smallest absolute Gasteiger partial charge is 0.287 e. The van der Waals surface area contributed by atoms with Crippen LogP contribution in [0.25, 0.3) is 11.0 Å². The van der Waals surface area contributed by atoms with Crippen molar-refractivity contribution in [1.82, 2.24) is 5.32 Å². The number of hydrogen-bond acceptors (Lipinski definition) is 6. The minimum Gasteiger partial charge on any atom is -0.497 e. The van der Waals surface area contributed by atoms with Crippen molar-refractivity contribution in [3.05, 3.63) is 84.1 Å². The van der Waals surface area contributed by atoms with Crippen molar-refractivity contribution in [3.63, 3.8) is 0 Å². The zero-order valence-corrected chi connectivity index (χ0v) is 18.7. The van der Waals surface area contributed by atoms with Gasteiger partial charge in [-0.05, 0) is 67.1 Å². The first kappa shape index (κ1) is 22.7. The number of nitrogen functional groups attached to an aromatic ring is 1. The van der Waals surface area contributed by atoms with Crippen LogP contribution in [0.2, 0.25) is 0 Å². The maximum atomic E-state index is 12.4. The number of ether oxygens (including phenoxy) is 2. The number of fused-ring (bicyclic) bond motifs is 1. The summed E-state index contributed by atoms with van der Waals surface area (Å²) in [6, 6.07) is 21.0. The summed E-state index contributed by atoms with van der Waals surface area (Å²) >= 11 is 0. The molecule has 8 nitrogen and oxygen atoms in total. The van der Waals surface area contributed by atoms with Gasteiger partial charge in [-0.1, -0.05) is 12.1 Å². The molecular formula is C26H25N3O5.